The van der Waals surface area contributed by atoms with Gasteiger partial charge in [0.25, 0.3) is 0 Å². The minimum absolute atomic E-state index is 0.0557. The third-order valence-corrected chi connectivity index (χ3v) is 4.05. The molecule has 1 unspecified atom stereocenters. The minimum Gasteiger partial charge on any atom is -0.379 e. The normalized spacial score (nSPS) is 19.1. The quantitative estimate of drug-likeness (QED) is 0.795. The van der Waals surface area contributed by atoms with Gasteiger partial charge < -0.3 is 4.74 Å². The van der Waals surface area contributed by atoms with Crippen LogP contribution in [0.5, 0.6) is 0 Å². The molecule has 2 nitrogen and oxygen atoms in total. The summed E-state index contributed by atoms with van der Waals surface area (Å²) >= 11 is 0. The molecular formula is C16H22O2. The maximum absolute atomic E-state index is 11.4. The standard InChI is InChI=1S/C16H22O2/c1-4-12(2)14-5-7-15(8-6-14)16(9-13(3)17)10-18-11-16/h5-8,12H,4,9-11H2,1-3H3. The van der Waals surface area contributed by atoms with E-state index >= 15 is 0 Å². The maximum Gasteiger partial charge on any atom is 0.130 e. The number of carbonyl (C=O) groups is 1. The van der Waals surface area contributed by atoms with Gasteiger partial charge in [0.05, 0.1) is 13.2 Å². The molecule has 1 aromatic carbocycles. The Morgan fingerprint density at radius 3 is 2.33 bits per heavy atom. The van der Waals surface area contributed by atoms with Gasteiger partial charge >= 0.3 is 0 Å². The van der Waals surface area contributed by atoms with Crippen LogP contribution < -0.4 is 0 Å². The van der Waals surface area contributed by atoms with Gasteiger partial charge in [-0.05, 0) is 30.4 Å². The molecule has 98 valence electrons. The van der Waals surface area contributed by atoms with Crippen LogP contribution in [0.25, 0.3) is 0 Å². The molecule has 2 heteroatoms. The maximum atomic E-state index is 11.4. The average Bonchev–Trinajstić information content (AvgIpc) is 2.33. The van der Waals surface area contributed by atoms with Crippen LogP contribution in [0.15, 0.2) is 24.3 Å². The molecule has 1 fully saturated rings. The Morgan fingerprint density at radius 1 is 1.33 bits per heavy atom. The number of rotatable bonds is 5. The second kappa shape index (κ2) is 5.23. The predicted molar refractivity (Wildman–Crippen MR) is 72.9 cm³/mol. The molecule has 1 aliphatic heterocycles. The fourth-order valence-electron chi connectivity index (χ4n) is 2.60. The molecule has 0 bridgehead atoms. The fraction of sp³-hybridized carbons (Fsp3) is 0.562. The molecule has 0 aromatic heterocycles. The number of hydrogen-bond acceptors (Lipinski definition) is 2. The Labute approximate surface area is 109 Å². The summed E-state index contributed by atoms with van der Waals surface area (Å²) in [5.41, 5.74) is 2.57. The molecule has 0 amide bonds. The van der Waals surface area contributed by atoms with Gasteiger partial charge in [0.15, 0.2) is 0 Å². The van der Waals surface area contributed by atoms with Crippen molar-refractivity contribution in [2.75, 3.05) is 13.2 Å². The van der Waals surface area contributed by atoms with E-state index in [2.05, 4.69) is 38.1 Å². The van der Waals surface area contributed by atoms with Gasteiger partial charge in [0, 0.05) is 11.8 Å². The predicted octanol–water partition coefficient (Wildman–Crippen LogP) is 3.45. The van der Waals surface area contributed by atoms with Crippen molar-refractivity contribution in [3.05, 3.63) is 35.4 Å². The van der Waals surface area contributed by atoms with Crippen molar-refractivity contribution >= 4 is 5.78 Å². The van der Waals surface area contributed by atoms with Crippen molar-refractivity contribution in [2.45, 2.75) is 44.9 Å². The molecule has 1 atom stereocenters. The lowest BCUT2D eigenvalue weighted by Crippen LogP contribution is -2.47. The van der Waals surface area contributed by atoms with E-state index in [0.29, 0.717) is 25.6 Å². The van der Waals surface area contributed by atoms with E-state index in [4.69, 9.17) is 4.74 Å². The van der Waals surface area contributed by atoms with Crippen LogP contribution >= 0.6 is 0 Å². The molecule has 0 N–H and O–H groups in total. The van der Waals surface area contributed by atoms with E-state index in [9.17, 15) is 4.79 Å². The second-order valence-corrected chi connectivity index (χ2v) is 5.58. The molecule has 18 heavy (non-hydrogen) atoms. The highest BCUT2D eigenvalue weighted by molar-refractivity contribution is 5.77. The molecule has 2 rings (SSSR count). The van der Waals surface area contributed by atoms with Crippen molar-refractivity contribution in [3.63, 3.8) is 0 Å². The van der Waals surface area contributed by atoms with Crippen LogP contribution in [0.3, 0.4) is 0 Å². The van der Waals surface area contributed by atoms with E-state index in [1.165, 1.54) is 11.1 Å². The van der Waals surface area contributed by atoms with Crippen molar-refractivity contribution in [3.8, 4) is 0 Å². The first-order valence-electron chi connectivity index (χ1n) is 6.75. The summed E-state index contributed by atoms with van der Waals surface area (Å²) in [5.74, 6) is 0.838. The van der Waals surface area contributed by atoms with Gasteiger partial charge in [0.1, 0.15) is 5.78 Å². The Bertz CT molecular complexity index is 415. The zero-order chi connectivity index (χ0) is 13.2. The SMILES string of the molecule is CCC(C)c1ccc(C2(CC(C)=O)COC2)cc1. The van der Waals surface area contributed by atoms with Crippen LogP contribution in [-0.2, 0) is 14.9 Å². The number of hydrogen-bond donors (Lipinski definition) is 0. The smallest absolute Gasteiger partial charge is 0.130 e. The number of ether oxygens (including phenoxy) is 1. The van der Waals surface area contributed by atoms with Crippen LogP contribution in [0.2, 0.25) is 0 Å². The minimum atomic E-state index is -0.0557. The van der Waals surface area contributed by atoms with Gasteiger partial charge in [-0.15, -0.1) is 0 Å². The number of ketones is 1. The van der Waals surface area contributed by atoms with Crippen LogP contribution in [0.1, 0.15) is 50.7 Å². The van der Waals surface area contributed by atoms with Gasteiger partial charge in [-0.1, -0.05) is 38.1 Å². The topological polar surface area (TPSA) is 26.3 Å². The summed E-state index contributed by atoms with van der Waals surface area (Å²) in [5, 5.41) is 0. The van der Waals surface area contributed by atoms with E-state index < -0.39 is 0 Å². The van der Waals surface area contributed by atoms with E-state index in [1.54, 1.807) is 6.92 Å². The summed E-state index contributed by atoms with van der Waals surface area (Å²) in [7, 11) is 0. The molecule has 1 heterocycles. The van der Waals surface area contributed by atoms with Gasteiger partial charge in [-0.2, -0.15) is 0 Å². The lowest BCUT2D eigenvalue weighted by Gasteiger charge is -2.41. The third-order valence-electron chi connectivity index (χ3n) is 4.05. The van der Waals surface area contributed by atoms with E-state index in [0.717, 1.165) is 6.42 Å². The number of Topliss-reactive ketones (excluding diaryl/α,β-unsaturated/α-hetero) is 1. The van der Waals surface area contributed by atoms with Gasteiger partial charge in [-0.25, -0.2) is 0 Å². The third kappa shape index (κ3) is 2.49. The van der Waals surface area contributed by atoms with Gasteiger partial charge in [-0.3, -0.25) is 4.79 Å². The Hall–Kier alpha value is -1.15. The van der Waals surface area contributed by atoms with Crippen molar-refractivity contribution in [1.29, 1.82) is 0 Å². The Kier molecular flexibility index (Phi) is 3.86. The second-order valence-electron chi connectivity index (χ2n) is 5.58. The molecule has 0 radical (unpaired) electrons. The molecular weight excluding hydrogens is 224 g/mol. The fourth-order valence-corrected chi connectivity index (χ4v) is 2.60. The first kappa shape index (κ1) is 13.3. The molecule has 0 spiro atoms. The average molecular weight is 246 g/mol. The highest BCUT2D eigenvalue weighted by Gasteiger charge is 2.41. The highest BCUT2D eigenvalue weighted by atomic mass is 16.5. The number of benzene rings is 1. The zero-order valence-corrected chi connectivity index (χ0v) is 11.5. The van der Waals surface area contributed by atoms with Gasteiger partial charge in [0.2, 0.25) is 0 Å². The molecule has 0 aliphatic carbocycles. The van der Waals surface area contributed by atoms with Crippen LogP contribution in [0, 0.1) is 0 Å². The van der Waals surface area contributed by atoms with Crippen LogP contribution in [-0.4, -0.2) is 19.0 Å². The number of carbonyl (C=O) groups excluding carboxylic acids is 1. The largest absolute Gasteiger partial charge is 0.379 e. The lowest BCUT2D eigenvalue weighted by molar-refractivity contribution is -0.125. The Morgan fingerprint density at radius 2 is 1.94 bits per heavy atom. The molecule has 0 saturated carbocycles. The van der Waals surface area contributed by atoms with Crippen molar-refractivity contribution in [2.24, 2.45) is 0 Å². The van der Waals surface area contributed by atoms with E-state index in [-0.39, 0.29) is 11.2 Å². The summed E-state index contributed by atoms with van der Waals surface area (Å²) in [6, 6.07) is 8.74. The molecule has 1 aliphatic rings. The van der Waals surface area contributed by atoms with Crippen LogP contribution in [0.4, 0.5) is 0 Å². The van der Waals surface area contributed by atoms with Crippen molar-refractivity contribution in [1.82, 2.24) is 0 Å². The molecule has 1 aromatic rings. The summed E-state index contributed by atoms with van der Waals surface area (Å²) in [6.07, 6.45) is 1.75. The molecule has 1 saturated heterocycles. The van der Waals surface area contributed by atoms with E-state index in [1.807, 2.05) is 0 Å². The Balaban J connectivity index is 2.20. The lowest BCUT2D eigenvalue weighted by atomic mass is 9.74. The van der Waals surface area contributed by atoms with Crippen molar-refractivity contribution < 1.29 is 9.53 Å². The summed E-state index contributed by atoms with van der Waals surface area (Å²) in [6.45, 7) is 7.46. The monoisotopic (exact) mass is 246 g/mol. The summed E-state index contributed by atoms with van der Waals surface area (Å²) < 4.78 is 5.34. The highest BCUT2D eigenvalue weighted by Crippen LogP contribution is 2.36. The summed E-state index contributed by atoms with van der Waals surface area (Å²) in [4.78, 5) is 11.4. The zero-order valence-electron chi connectivity index (χ0n) is 11.5. The first-order valence-corrected chi connectivity index (χ1v) is 6.75. The first-order chi connectivity index (χ1) is 8.57.